The molecule has 1 aliphatic rings. The molecule has 0 aliphatic heterocycles. The van der Waals surface area contributed by atoms with E-state index in [1.165, 1.54) is 12.0 Å². The van der Waals surface area contributed by atoms with Gasteiger partial charge in [0.15, 0.2) is 0 Å². The van der Waals surface area contributed by atoms with Crippen molar-refractivity contribution in [1.82, 2.24) is 10.2 Å². The zero-order chi connectivity index (χ0) is 12.7. The summed E-state index contributed by atoms with van der Waals surface area (Å²) < 4.78 is 0. The molecule has 2 aromatic rings. The Labute approximate surface area is 110 Å². The number of anilines is 1. The van der Waals surface area contributed by atoms with Gasteiger partial charge in [-0.3, -0.25) is 5.10 Å². The Bertz CT molecular complexity index is 607. The van der Waals surface area contributed by atoms with Crippen LogP contribution in [0.3, 0.4) is 0 Å². The maximum absolute atomic E-state index is 10.2. The van der Waals surface area contributed by atoms with E-state index in [0.717, 1.165) is 36.1 Å². The van der Waals surface area contributed by atoms with Gasteiger partial charge in [0, 0.05) is 11.6 Å². The lowest BCUT2D eigenvalue weighted by molar-refractivity contribution is 0.475. The summed E-state index contributed by atoms with van der Waals surface area (Å²) in [5, 5.41) is 17.3. The topological polar surface area (TPSA) is 74.9 Å². The molecule has 94 valence electrons. The third-order valence-corrected chi connectivity index (χ3v) is 3.73. The molecule has 0 amide bonds. The number of phenols is 1. The number of H-pyrrole nitrogens is 1. The Morgan fingerprint density at radius 2 is 2.06 bits per heavy atom. The smallest absolute Gasteiger partial charge is 0.145 e. The lowest BCUT2D eigenvalue weighted by atomic mass is 9.86. The summed E-state index contributed by atoms with van der Waals surface area (Å²) in [4.78, 5) is 0. The Morgan fingerprint density at radius 1 is 1.28 bits per heavy atom. The standard InChI is InChI=1S/C13H14ClN3O/c14-9-5-7-3-1-2-4-8(7)12(13(9)18)10-6-11(15)17-16-10/h5-6,18H,1-4H2,(H3,15,16,17). The fourth-order valence-electron chi connectivity index (χ4n) is 2.61. The van der Waals surface area contributed by atoms with Crippen molar-refractivity contribution >= 4 is 17.4 Å². The van der Waals surface area contributed by atoms with Crippen molar-refractivity contribution in [1.29, 1.82) is 0 Å². The zero-order valence-corrected chi connectivity index (χ0v) is 10.6. The number of nitrogen functional groups attached to an aromatic ring is 1. The minimum atomic E-state index is 0.112. The second-order valence-corrected chi connectivity index (χ2v) is 5.04. The van der Waals surface area contributed by atoms with Crippen LogP contribution in [0.25, 0.3) is 11.3 Å². The van der Waals surface area contributed by atoms with Crippen molar-refractivity contribution in [3.63, 3.8) is 0 Å². The number of hydrogen-bond donors (Lipinski definition) is 3. The first-order chi connectivity index (χ1) is 8.66. The van der Waals surface area contributed by atoms with E-state index in [0.29, 0.717) is 10.8 Å². The second-order valence-electron chi connectivity index (χ2n) is 4.63. The van der Waals surface area contributed by atoms with Crippen molar-refractivity contribution in [2.24, 2.45) is 0 Å². The summed E-state index contributed by atoms with van der Waals surface area (Å²) in [7, 11) is 0. The molecule has 0 bridgehead atoms. The molecular formula is C13H14ClN3O. The van der Waals surface area contributed by atoms with Crippen molar-refractivity contribution < 1.29 is 5.11 Å². The van der Waals surface area contributed by atoms with Gasteiger partial charge in [-0.1, -0.05) is 11.6 Å². The minimum Gasteiger partial charge on any atom is -0.506 e. The number of nitrogens with one attached hydrogen (secondary N) is 1. The van der Waals surface area contributed by atoms with Gasteiger partial charge in [0.2, 0.25) is 0 Å². The van der Waals surface area contributed by atoms with E-state index in [2.05, 4.69) is 10.2 Å². The molecule has 0 saturated heterocycles. The quantitative estimate of drug-likeness (QED) is 0.741. The number of aromatic amines is 1. The Balaban J connectivity index is 2.26. The van der Waals surface area contributed by atoms with Crippen molar-refractivity contribution in [3.8, 4) is 17.0 Å². The third kappa shape index (κ3) is 1.73. The average molecular weight is 264 g/mol. The van der Waals surface area contributed by atoms with Gasteiger partial charge in [0.05, 0.1) is 10.7 Å². The van der Waals surface area contributed by atoms with Crippen LogP contribution in [0.4, 0.5) is 5.82 Å². The Kier molecular flexibility index (Phi) is 2.67. The highest BCUT2D eigenvalue weighted by Crippen LogP contribution is 2.42. The number of hydrogen-bond acceptors (Lipinski definition) is 3. The first-order valence-corrected chi connectivity index (χ1v) is 6.39. The van der Waals surface area contributed by atoms with E-state index in [4.69, 9.17) is 17.3 Å². The summed E-state index contributed by atoms with van der Waals surface area (Å²) in [6.45, 7) is 0. The number of aromatic hydroxyl groups is 1. The Hall–Kier alpha value is -1.68. The fourth-order valence-corrected chi connectivity index (χ4v) is 2.84. The maximum atomic E-state index is 10.2. The molecule has 3 rings (SSSR count). The summed E-state index contributed by atoms with van der Waals surface area (Å²) in [5.74, 6) is 0.523. The number of nitrogens with zero attached hydrogens (tertiary/aromatic N) is 1. The first kappa shape index (κ1) is 11.4. The number of phenolic OH excluding ortho intramolecular Hbond substituents is 1. The monoisotopic (exact) mass is 263 g/mol. The third-order valence-electron chi connectivity index (χ3n) is 3.44. The summed E-state index contributed by atoms with van der Waals surface area (Å²) in [5.41, 5.74) is 9.48. The number of benzene rings is 1. The summed E-state index contributed by atoms with van der Waals surface area (Å²) in [6, 6.07) is 3.59. The molecule has 0 unspecified atom stereocenters. The van der Waals surface area contributed by atoms with Crippen LogP contribution in [0.15, 0.2) is 12.1 Å². The first-order valence-electron chi connectivity index (χ1n) is 6.01. The normalized spacial score (nSPS) is 14.5. The van der Waals surface area contributed by atoms with Gasteiger partial charge in [-0.2, -0.15) is 5.10 Å². The largest absolute Gasteiger partial charge is 0.506 e. The molecule has 0 spiro atoms. The van der Waals surface area contributed by atoms with E-state index in [-0.39, 0.29) is 5.75 Å². The van der Waals surface area contributed by atoms with Crippen LogP contribution in [-0.2, 0) is 12.8 Å². The van der Waals surface area contributed by atoms with Gasteiger partial charge >= 0.3 is 0 Å². The van der Waals surface area contributed by atoms with Crippen LogP contribution < -0.4 is 5.73 Å². The van der Waals surface area contributed by atoms with Crippen LogP contribution in [-0.4, -0.2) is 15.3 Å². The molecule has 1 heterocycles. The number of rotatable bonds is 1. The predicted octanol–water partition coefficient (Wildman–Crippen LogP) is 2.90. The Morgan fingerprint density at radius 3 is 2.78 bits per heavy atom. The number of aromatic nitrogens is 2. The van der Waals surface area contributed by atoms with Crippen LogP contribution >= 0.6 is 11.6 Å². The molecule has 5 heteroatoms. The highest BCUT2D eigenvalue weighted by Gasteiger charge is 2.21. The van der Waals surface area contributed by atoms with Crippen molar-refractivity contribution in [3.05, 3.63) is 28.3 Å². The molecule has 1 aromatic heterocycles. The van der Waals surface area contributed by atoms with Crippen LogP contribution in [0.2, 0.25) is 5.02 Å². The van der Waals surface area contributed by atoms with E-state index in [1.807, 2.05) is 6.07 Å². The van der Waals surface area contributed by atoms with Gasteiger partial charge in [-0.25, -0.2) is 0 Å². The molecule has 18 heavy (non-hydrogen) atoms. The predicted molar refractivity (Wildman–Crippen MR) is 71.8 cm³/mol. The van der Waals surface area contributed by atoms with Gasteiger partial charge in [0.1, 0.15) is 11.6 Å². The average Bonchev–Trinajstić information content (AvgIpc) is 2.77. The highest BCUT2D eigenvalue weighted by atomic mass is 35.5. The molecular weight excluding hydrogens is 250 g/mol. The number of aryl methyl sites for hydroxylation is 1. The van der Waals surface area contributed by atoms with Crippen molar-refractivity contribution in [2.45, 2.75) is 25.7 Å². The number of halogens is 1. The van der Waals surface area contributed by atoms with Crippen LogP contribution in [0.1, 0.15) is 24.0 Å². The molecule has 1 aliphatic carbocycles. The van der Waals surface area contributed by atoms with Gasteiger partial charge < -0.3 is 10.8 Å². The van der Waals surface area contributed by atoms with E-state index in [9.17, 15) is 5.11 Å². The molecule has 4 N–H and O–H groups in total. The van der Waals surface area contributed by atoms with E-state index < -0.39 is 0 Å². The summed E-state index contributed by atoms with van der Waals surface area (Å²) >= 11 is 6.09. The number of nitrogens with two attached hydrogens (primary N) is 1. The molecule has 0 radical (unpaired) electrons. The van der Waals surface area contributed by atoms with Gasteiger partial charge in [0.25, 0.3) is 0 Å². The zero-order valence-electron chi connectivity index (χ0n) is 9.83. The van der Waals surface area contributed by atoms with Gasteiger partial charge in [-0.05, 0) is 42.9 Å². The van der Waals surface area contributed by atoms with Crippen LogP contribution in [0.5, 0.6) is 5.75 Å². The molecule has 0 saturated carbocycles. The lowest BCUT2D eigenvalue weighted by Crippen LogP contribution is -2.05. The second kappa shape index (κ2) is 4.21. The SMILES string of the molecule is Nc1cc(-c2c(O)c(Cl)cc3c2CCCC3)[nH]n1. The molecule has 4 nitrogen and oxygen atoms in total. The fraction of sp³-hybridized carbons (Fsp3) is 0.308. The molecule has 1 aromatic carbocycles. The van der Waals surface area contributed by atoms with Gasteiger partial charge in [-0.15, -0.1) is 0 Å². The minimum absolute atomic E-state index is 0.112. The lowest BCUT2D eigenvalue weighted by Gasteiger charge is -2.20. The van der Waals surface area contributed by atoms with E-state index >= 15 is 0 Å². The maximum Gasteiger partial charge on any atom is 0.145 e. The van der Waals surface area contributed by atoms with Crippen LogP contribution in [0, 0.1) is 0 Å². The molecule has 0 fully saturated rings. The molecule has 0 atom stereocenters. The summed E-state index contributed by atoms with van der Waals surface area (Å²) in [6.07, 6.45) is 4.25. The number of fused-ring (bicyclic) bond motifs is 1. The highest BCUT2D eigenvalue weighted by molar-refractivity contribution is 6.32. The van der Waals surface area contributed by atoms with E-state index in [1.54, 1.807) is 6.07 Å². The van der Waals surface area contributed by atoms with Crippen molar-refractivity contribution in [2.75, 3.05) is 5.73 Å².